The number of aromatic nitrogens is 2. The van der Waals surface area contributed by atoms with Crippen LogP contribution in [0, 0.1) is 0 Å². The van der Waals surface area contributed by atoms with Gasteiger partial charge in [-0.05, 0) is 0 Å². The molecule has 0 aliphatic rings. The largest absolute Gasteiger partial charge is 0.390 e. The number of halogens is 2. The summed E-state index contributed by atoms with van der Waals surface area (Å²) in [5.74, 6) is 0.584. The second kappa shape index (κ2) is 5.66. The van der Waals surface area contributed by atoms with E-state index in [0.717, 1.165) is 10.9 Å². The summed E-state index contributed by atoms with van der Waals surface area (Å²) in [5, 5.41) is 10.3. The predicted molar refractivity (Wildman–Crippen MR) is 59.6 cm³/mol. The van der Waals surface area contributed by atoms with Crippen molar-refractivity contribution in [1.29, 1.82) is 0 Å². The molecule has 0 radical (unpaired) electrons. The van der Waals surface area contributed by atoms with Crippen molar-refractivity contribution in [2.24, 2.45) is 7.05 Å². The molecule has 0 spiro atoms. The number of aliphatic hydroxyl groups excluding tert-OH is 1. The molecular weight excluding hydrogens is 243 g/mol. The van der Waals surface area contributed by atoms with Crippen LogP contribution in [0.3, 0.4) is 0 Å². The molecule has 3 nitrogen and oxygen atoms in total. The van der Waals surface area contributed by atoms with E-state index >= 15 is 0 Å². The van der Waals surface area contributed by atoms with Crippen molar-refractivity contribution in [3.05, 3.63) is 22.5 Å². The van der Waals surface area contributed by atoms with Gasteiger partial charge in [0.2, 0.25) is 0 Å². The molecule has 0 aliphatic heterocycles. The van der Waals surface area contributed by atoms with Gasteiger partial charge in [0.25, 0.3) is 0 Å². The van der Waals surface area contributed by atoms with E-state index in [1.807, 2.05) is 11.6 Å². The minimum atomic E-state index is -0.0108. The van der Waals surface area contributed by atoms with Crippen molar-refractivity contribution in [1.82, 2.24) is 9.55 Å². The zero-order chi connectivity index (χ0) is 10.6. The maximum Gasteiger partial charge on any atom is 0.168 e. The number of rotatable bonds is 4. The van der Waals surface area contributed by atoms with Crippen LogP contribution in [0.4, 0.5) is 0 Å². The van der Waals surface area contributed by atoms with E-state index in [-0.39, 0.29) is 6.61 Å². The minimum absolute atomic E-state index is 0.0108. The first-order valence-electron chi connectivity index (χ1n) is 3.88. The third-order valence-electron chi connectivity index (χ3n) is 1.66. The number of thioether (sulfide) groups is 1. The molecule has 0 aromatic carbocycles. The molecule has 78 valence electrons. The van der Waals surface area contributed by atoms with Gasteiger partial charge in [0.15, 0.2) is 5.16 Å². The fraction of sp³-hybridized carbons (Fsp3) is 0.375. The molecular formula is C8H10Cl2N2OS. The Bertz CT molecular complexity index is 338. The first-order chi connectivity index (χ1) is 6.69. The second-order valence-electron chi connectivity index (χ2n) is 2.59. The van der Waals surface area contributed by atoms with Crippen LogP contribution in [0.2, 0.25) is 0 Å². The smallest absolute Gasteiger partial charge is 0.168 e. The van der Waals surface area contributed by atoms with Crippen molar-refractivity contribution in [2.75, 3.05) is 5.75 Å². The quantitative estimate of drug-likeness (QED) is 0.837. The highest BCUT2D eigenvalue weighted by Crippen LogP contribution is 2.21. The molecule has 0 bridgehead atoms. The molecule has 1 aromatic rings. The van der Waals surface area contributed by atoms with Crippen LogP contribution in [-0.2, 0) is 13.7 Å². The summed E-state index contributed by atoms with van der Waals surface area (Å²) in [6.07, 6.45) is 1.64. The van der Waals surface area contributed by atoms with Gasteiger partial charge in [-0.2, -0.15) is 0 Å². The fourth-order valence-electron chi connectivity index (χ4n) is 0.872. The first-order valence-corrected chi connectivity index (χ1v) is 5.68. The molecule has 0 saturated carbocycles. The lowest BCUT2D eigenvalue weighted by Gasteiger charge is -2.02. The van der Waals surface area contributed by atoms with Crippen LogP contribution in [0.25, 0.3) is 0 Å². The van der Waals surface area contributed by atoms with Gasteiger partial charge in [0.1, 0.15) is 0 Å². The number of imidazole rings is 1. The lowest BCUT2D eigenvalue weighted by molar-refractivity contribution is 0.271. The van der Waals surface area contributed by atoms with E-state index < -0.39 is 0 Å². The Morgan fingerprint density at radius 1 is 1.79 bits per heavy atom. The normalized spacial score (nSPS) is 12.1. The van der Waals surface area contributed by atoms with Gasteiger partial charge in [0, 0.05) is 23.4 Å². The second-order valence-corrected chi connectivity index (χ2v) is 4.24. The minimum Gasteiger partial charge on any atom is -0.390 e. The van der Waals surface area contributed by atoms with Gasteiger partial charge < -0.3 is 9.67 Å². The predicted octanol–water partition coefficient (Wildman–Crippen LogP) is 2.32. The summed E-state index contributed by atoms with van der Waals surface area (Å²) in [4.78, 5) is 4.13. The van der Waals surface area contributed by atoms with Crippen LogP contribution in [0.15, 0.2) is 21.9 Å². The molecule has 0 aliphatic carbocycles. The summed E-state index contributed by atoms with van der Waals surface area (Å²) >= 11 is 12.6. The summed E-state index contributed by atoms with van der Waals surface area (Å²) in [5.41, 5.74) is 2.11. The van der Waals surface area contributed by atoms with Crippen molar-refractivity contribution in [2.45, 2.75) is 11.8 Å². The van der Waals surface area contributed by atoms with Gasteiger partial charge in [-0.1, -0.05) is 35.0 Å². The van der Waals surface area contributed by atoms with Crippen molar-refractivity contribution in [3.63, 3.8) is 0 Å². The van der Waals surface area contributed by atoms with Gasteiger partial charge in [-0.3, -0.25) is 0 Å². The van der Waals surface area contributed by atoms with Gasteiger partial charge in [0.05, 0.1) is 18.5 Å². The summed E-state index contributed by atoms with van der Waals surface area (Å²) in [6, 6.07) is 0. The van der Waals surface area contributed by atoms with E-state index in [4.69, 9.17) is 28.3 Å². The summed E-state index contributed by atoms with van der Waals surface area (Å²) in [6.45, 7) is -0.0108. The van der Waals surface area contributed by atoms with E-state index in [2.05, 4.69) is 4.98 Å². The highest BCUT2D eigenvalue weighted by molar-refractivity contribution is 7.99. The molecule has 0 unspecified atom stereocenters. The van der Waals surface area contributed by atoms with Crippen LogP contribution < -0.4 is 0 Å². The van der Waals surface area contributed by atoms with Crippen LogP contribution >= 0.6 is 35.0 Å². The number of hydrogen-bond donors (Lipinski definition) is 1. The van der Waals surface area contributed by atoms with Crippen LogP contribution in [0.5, 0.6) is 0 Å². The Morgan fingerprint density at radius 3 is 3.00 bits per heavy atom. The number of nitrogens with zero attached hydrogens (tertiary/aromatic N) is 2. The SMILES string of the molecule is Cn1c(CO)cnc1SCC(Cl)=CCl. The molecule has 1 N–H and O–H groups in total. The highest BCUT2D eigenvalue weighted by atomic mass is 35.5. The fourth-order valence-corrected chi connectivity index (χ4v) is 1.99. The van der Waals surface area contributed by atoms with Gasteiger partial charge in [-0.15, -0.1) is 0 Å². The Kier molecular flexibility index (Phi) is 4.81. The third-order valence-corrected chi connectivity index (χ3v) is 3.53. The topological polar surface area (TPSA) is 38.0 Å². The van der Waals surface area contributed by atoms with E-state index in [0.29, 0.717) is 10.8 Å². The Hall–Kier alpha value is -0.160. The standard InChI is InChI=1S/C8H10Cl2N2OS/c1-12-7(4-13)3-11-8(12)14-5-6(10)2-9/h2-3,13H,4-5H2,1H3. The van der Waals surface area contributed by atoms with Crippen LogP contribution in [-0.4, -0.2) is 20.4 Å². The average molecular weight is 253 g/mol. The number of hydrogen-bond acceptors (Lipinski definition) is 3. The summed E-state index contributed by atoms with van der Waals surface area (Å²) in [7, 11) is 1.85. The lowest BCUT2D eigenvalue weighted by atomic mass is 10.5. The van der Waals surface area contributed by atoms with Crippen LogP contribution in [0.1, 0.15) is 5.69 Å². The molecule has 14 heavy (non-hydrogen) atoms. The summed E-state index contributed by atoms with van der Waals surface area (Å²) < 4.78 is 1.82. The maximum atomic E-state index is 8.93. The molecule has 0 saturated heterocycles. The Balaban J connectivity index is 2.63. The highest BCUT2D eigenvalue weighted by Gasteiger charge is 2.06. The van der Waals surface area contributed by atoms with Gasteiger partial charge in [-0.25, -0.2) is 4.98 Å². The molecule has 0 atom stereocenters. The first kappa shape index (κ1) is 11.9. The van der Waals surface area contributed by atoms with E-state index in [1.165, 1.54) is 17.3 Å². The van der Waals surface area contributed by atoms with Gasteiger partial charge >= 0.3 is 0 Å². The number of aliphatic hydroxyl groups is 1. The maximum absolute atomic E-state index is 8.93. The Labute approximate surface area is 96.7 Å². The average Bonchev–Trinajstić information content (AvgIpc) is 2.56. The van der Waals surface area contributed by atoms with E-state index in [9.17, 15) is 0 Å². The molecule has 0 fully saturated rings. The molecule has 6 heteroatoms. The zero-order valence-electron chi connectivity index (χ0n) is 7.57. The van der Waals surface area contributed by atoms with Crippen molar-refractivity contribution >= 4 is 35.0 Å². The monoisotopic (exact) mass is 252 g/mol. The molecule has 1 aromatic heterocycles. The molecule has 1 rings (SSSR count). The molecule has 1 heterocycles. The zero-order valence-corrected chi connectivity index (χ0v) is 9.90. The Morgan fingerprint density at radius 2 is 2.50 bits per heavy atom. The third kappa shape index (κ3) is 2.92. The molecule has 0 amide bonds. The van der Waals surface area contributed by atoms with E-state index in [1.54, 1.807) is 6.20 Å². The lowest BCUT2D eigenvalue weighted by Crippen LogP contribution is -1.97. The van der Waals surface area contributed by atoms with Crippen molar-refractivity contribution < 1.29 is 5.11 Å². The van der Waals surface area contributed by atoms with Crippen molar-refractivity contribution in [3.8, 4) is 0 Å².